The minimum Gasteiger partial charge on any atom is -0.399 e. The van der Waals surface area contributed by atoms with Gasteiger partial charge in [0.1, 0.15) is 19.1 Å². The molecule has 3 N–H and O–H groups in total. The first-order valence-corrected chi connectivity index (χ1v) is 10.4. The fraction of sp³-hybridized carbons (Fsp3) is 0.174. The second kappa shape index (κ2) is 8.21. The normalized spacial score (nSPS) is 12.5. The van der Waals surface area contributed by atoms with Crippen LogP contribution in [-0.4, -0.2) is 7.05 Å². The Kier molecular flexibility index (Phi) is 5.75. The van der Waals surface area contributed by atoms with Crippen LogP contribution in [0.1, 0.15) is 22.3 Å². The van der Waals surface area contributed by atoms with E-state index in [0.29, 0.717) is 5.66 Å². The van der Waals surface area contributed by atoms with Crippen molar-refractivity contribution in [1.82, 2.24) is 0 Å². The number of hydrogen-bond acceptors (Lipinski definition) is 2. The first kappa shape index (κ1) is 18.2. The van der Waals surface area contributed by atoms with Crippen LogP contribution in [-0.2, 0) is 6.42 Å². The molecule has 3 aromatic rings. The van der Waals surface area contributed by atoms with Gasteiger partial charge in [-0.2, -0.15) is 0 Å². The number of benzene rings is 2. The number of nitrogens with two attached hydrogens (primary N) is 1. The van der Waals surface area contributed by atoms with Crippen LogP contribution < -0.4 is 11.1 Å². The quantitative estimate of drug-likeness (QED) is 0.401. The van der Waals surface area contributed by atoms with Crippen molar-refractivity contribution >= 4 is 18.9 Å². The van der Waals surface area contributed by atoms with E-state index in [-0.39, 0.29) is 0 Å². The molecule has 2 atom stereocenters. The molecule has 2 aromatic carbocycles. The maximum absolute atomic E-state index is 5.94. The van der Waals surface area contributed by atoms with Crippen LogP contribution in [0.3, 0.4) is 0 Å². The van der Waals surface area contributed by atoms with E-state index in [4.69, 9.17) is 5.73 Å². The Balaban J connectivity index is 1.98. The molecule has 3 rings (SSSR count). The predicted molar refractivity (Wildman–Crippen MR) is 116 cm³/mol. The van der Waals surface area contributed by atoms with Gasteiger partial charge in [-0.05, 0) is 48.2 Å². The first-order valence-electron chi connectivity index (χ1n) is 8.84. The third-order valence-electron chi connectivity index (χ3n) is 4.59. The molecular formula is C23H26N2P+. The fourth-order valence-electron chi connectivity index (χ4n) is 3.35. The molecule has 1 aromatic heterocycles. The summed E-state index contributed by atoms with van der Waals surface area (Å²) in [5, 5.41) is 3.26. The summed E-state index contributed by atoms with van der Waals surface area (Å²) < 4.78 is 0. The SMILES string of the molecule is C=C(Cc1ccc(N)cc1NC)C(c1ccccc1)[p+]1cccc(C)c1. The number of aryl methyl sites for hydroxylation is 1. The summed E-state index contributed by atoms with van der Waals surface area (Å²) in [6, 6.07) is 21.2. The Morgan fingerprint density at radius 2 is 1.88 bits per heavy atom. The molecule has 2 unspecified atom stereocenters. The van der Waals surface area contributed by atoms with Crippen molar-refractivity contribution < 1.29 is 0 Å². The molecule has 132 valence electrons. The largest absolute Gasteiger partial charge is 0.399 e. The zero-order valence-corrected chi connectivity index (χ0v) is 16.3. The lowest BCUT2D eigenvalue weighted by molar-refractivity contribution is 1.02. The van der Waals surface area contributed by atoms with Crippen molar-refractivity contribution in [3.8, 4) is 0 Å². The number of rotatable bonds is 6. The van der Waals surface area contributed by atoms with Crippen molar-refractivity contribution in [1.29, 1.82) is 0 Å². The summed E-state index contributed by atoms with van der Waals surface area (Å²) in [5.41, 5.74) is 13.2. The van der Waals surface area contributed by atoms with Gasteiger partial charge in [0.2, 0.25) is 0 Å². The summed E-state index contributed by atoms with van der Waals surface area (Å²) in [6.07, 6.45) is 0.833. The maximum atomic E-state index is 5.94. The summed E-state index contributed by atoms with van der Waals surface area (Å²) >= 11 is 0. The summed E-state index contributed by atoms with van der Waals surface area (Å²) in [6.45, 7) is 6.68. The molecule has 0 saturated heterocycles. The highest BCUT2D eigenvalue weighted by molar-refractivity contribution is 7.49. The Labute approximate surface area is 157 Å². The Morgan fingerprint density at radius 3 is 2.58 bits per heavy atom. The van der Waals surface area contributed by atoms with E-state index < -0.39 is 7.53 Å². The van der Waals surface area contributed by atoms with Gasteiger partial charge in [-0.1, -0.05) is 49.0 Å². The zero-order valence-electron chi connectivity index (χ0n) is 15.4. The number of anilines is 2. The fourth-order valence-corrected chi connectivity index (χ4v) is 5.63. The van der Waals surface area contributed by atoms with Crippen molar-refractivity contribution in [2.45, 2.75) is 19.0 Å². The molecule has 0 saturated carbocycles. The van der Waals surface area contributed by atoms with Gasteiger partial charge in [0.05, 0.1) is 0 Å². The topological polar surface area (TPSA) is 38.0 Å². The monoisotopic (exact) mass is 361 g/mol. The minimum atomic E-state index is -0.425. The minimum absolute atomic E-state index is 0.313. The van der Waals surface area contributed by atoms with Crippen molar-refractivity contribution in [3.05, 3.63) is 101 Å². The standard InChI is InChI=1S/C23H26N2P/c1-17-8-7-13-26(16-17)23(19-9-5-4-6-10-19)18(2)14-20-11-12-21(24)15-22(20)25-3/h4-13,15-16,23,25H,2,14,24H2,1,3H3/q+1. The molecule has 0 aliphatic carbocycles. The van der Waals surface area contributed by atoms with Crippen LogP contribution in [0.15, 0.2) is 84.4 Å². The lowest BCUT2D eigenvalue weighted by Gasteiger charge is -2.16. The van der Waals surface area contributed by atoms with E-state index in [9.17, 15) is 0 Å². The number of nitrogen functional groups attached to an aromatic ring is 1. The molecule has 0 bridgehead atoms. The Morgan fingerprint density at radius 1 is 1.12 bits per heavy atom. The molecular weight excluding hydrogens is 335 g/mol. The van der Waals surface area contributed by atoms with E-state index in [0.717, 1.165) is 17.8 Å². The average Bonchev–Trinajstić information content (AvgIpc) is 2.64. The lowest BCUT2D eigenvalue weighted by Crippen LogP contribution is -2.03. The Hall–Kier alpha value is -2.57. The average molecular weight is 361 g/mol. The van der Waals surface area contributed by atoms with Gasteiger partial charge >= 0.3 is 0 Å². The molecule has 0 radical (unpaired) electrons. The first-order chi connectivity index (χ1) is 12.6. The van der Waals surface area contributed by atoms with Crippen molar-refractivity contribution in [2.24, 2.45) is 0 Å². The third kappa shape index (κ3) is 4.15. The highest BCUT2D eigenvalue weighted by Crippen LogP contribution is 2.48. The molecule has 0 aliphatic rings. The number of nitrogens with one attached hydrogen (secondary N) is 1. The van der Waals surface area contributed by atoms with Gasteiger partial charge in [0.15, 0.2) is 5.66 Å². The summed E-state index contributed by atoms with van der Waals surface area (Å²) in [7, 11) is 1.51. The van der Waals surface area contributed by atoms with Crippen LogP contribution in [0.4, 0.5) is 11.4 Å². The van der Waals surface area contributed by atoms with E-state index in [2.05, 4.69) is 78.9 Å². The van der Waals surface area contributed by atoms with Gasteiger partial charge < -0.3 is 11.1 Å². The van der Waals surface area contributed by atoms with Crippen LogP contribution in [0.25, 0.3) is 0 Å². The molecule has 3 heteroatoms. The molecule has 1 heterocycles. The molecule has 0 amide bonds. The highest BCUT2D eigenvalue weighted by atomic mass is 31.1. The van der Waals surface area contributed by atoms with Gasteiger partial charge in [0.25, 0.3) is 0 Å². The molecule has 0 spiro atoms. The lowest BCUT2D eigenvalue weighted by atomic mass is 9.98. The summed E-state index contributed by atoms with van der Waals surface area (Å²) in [5.74, 6) is 4.74. The molecule has 2 nitrogen and oxygen atoms in total. The van der Waals surface area contributed by atoms with Crippen LogP contribution in [0.2, 0.25) is 0 Å². The number of hydrogen-bond donors (Lipinski definition) is 2. The van der Waals surface area contributed by atoms with E-state index in [1.807, 2.05) is 19.2 Å². The molecule has 26 heavy (non-hydrogen) atoms. The Bertz CT molecular complexity index is 903. The van der Waals surface area contributed by atoms with Crippen LogP contribution in [0, 0.1) is 6.92 Å². The van der Waals surface area contributed by atoms with E-state index >= 15 is 0 Å². The summed E-state index contributed by atoms with van der Waals surface area (Å²) in [4.78, 5) is 0. The van der Waals surface area contributed by atoms with E-state index in [1.54, 1.807) is 0 Å². The second-order valence-electron chi connectivity index (χ2n) is 6.64. The molecule has 0 aliphatic heterocycles. The van der Waals surface area contributed by atoms with Gasteiger partial charge in [-0.3, -0.25) is 0 Å². The second-order valence-corrected chi connectivity index (χ2v) is 8.61. The van der Waals surface area contributed by atoms with Crippen LogP contribution in [0.5, 0.6) is 0 Å². The maximum Gasteiger partial charge on any atom is 0.167 e. The number of allylic oxidation sites excluding steroid dienone is 1. The zero-order chi connectivity index (χ0) is 18.5. The van der Waals surface area contributed by atoms with Crippen LogP contribution >= 0.6 is 7.53 Å². The highest BCUT2D eigenvalue weighted by Gasteiger charge is 2.27. The molecule has 0 fully saturated rings. The van der Waals surface area contributed by atoms with Gasteiger partial charge in [0, 0.05) is 24.0 Å². The van der Waals surface area contributed by atoms with E-state index in [1.165, 1.54) is 22.3 Å². The van der Waals surface area contributed by atoms with Gasteiger partial charge in [-0.15, -0.1) is 0 Å². The smallest absolute Gasteiger partial charge is 0.167 e. The third-order valence-corrected chi connectivity index (χ3v) is 7.07. The predicted octanol–water partition coefficient (Wildman–Crippen LogP) is 6.27. The van der Waals surface area contributed by atoms with Gasteiger partial charge in [-0.25, -0.2) is 0 Å². The van der Waals surface area contributed by atoms with Crippen molar-refractivity contribution in [3.63, 3.8) is 0 Å². The van der Waals surface area contributed by atoms with Crippen molar-refractivity contribution in [2.75, 3.05) is 18.1 Å².